The van der Waals surface area contributed by atoms with E-state index in [1.807, 2.05) is 24.3 Å². The van der Waals surface area contributed by atoms with Gasteiger partial charge in [-0.05, 0) is 36.6 Å². The molecular formula is C14H14BrN3O3. The van der Waals surface area contributed by atoms with Gasteiger partial charge in [0.15, 0.2) is 0 Å². The summed E-state index contributed by atoms with van der Waals surface area (Å²) in [5.41, 5.74) is 5.03. The van der Waals surface area contributed by atoms with Crippen molar-refractivity contribution < 1.29 is 14.4 Å². The van der Waals surface area contributed by atoms with Gasteiger partial charge in [0.25, 0.3) is 5.91 Å². The van der Waals surface area contributed by atoms with Crippen molar-refractivity contribution in [2.75, 3.05) is 0 Å². The molecule has 0 unspecified atom stereocenters. The zero-order valence-corrected chi connectivity index (χ0v) is 12.6. The van der Waals surface area contributed by atoms with Crippen LogP contribution in [0.3, 0.4) is 0 Å². The van der Waals surface area contributed by atoms with Crippen molar-refractivity contribution >= 4 is 39.7 Å². The highest BCUT2D eigenvalue weighted by atomic mass is 79.9. The van der Waals surface area contributed by atoms with E-state index in [-0.39, 0.29) is 6.04 Å². The van der Waals surface area contributed by atoms with Crippen LogP contribution in [-0.2, 0) is 14.4 Å². The molecule has 3 amide bonds. The normalized spacial score (nSPS) is 13.8. The Kier molecular flexibility index (Phi) is 5.10. The van der Waals surface area contributed by atoms with Gasteiger partial charge in [0, 0.05) is 16.6 Å². The minimum Gasteiger partial charge on any atom is -0.345 e. The third-order valence-electron chi connectivity index (χ3n) is 2.69. The van der Waals surface area contributed by atoms with E-state index in [4.69, 9.17) is 0 Å². The molecule has 7 heteroatoms. The highest BCUT2D eigenvalue weighted by Crippen LogP contribution is 2.18. The van der Waals surface area contributed by atoms with Crippen molar-refractivity contribution in [1.29, 1.82) is 0 Å². The van der Waals surface area contributed by atoms with Crippen LogP contribution in [0, 0.1) is 0 Å². The van der Waals surface area contributed by atoms with Crippen LogP contribution in [0.1, 0.15) is 18.4 Å². The monoisotopic (exact) mass is 351 g/mol. The van der Waals surface area contributed by atoms with Crippen LogP contribution in [0.5, 0.6) is 0 Å². The van der Waals surface area contributed by atoms with E-state index in [2.05, 4.69) is 32.1 Å². The molecule has 1 fully saturated rings. The molecule has 1 aliphatic rings. The number of carbonyl (C=O) groups is 3. The van der Waals surface area contributed by atoms with Gasteiger partial charge in [0.1, 0.15) is 0 Å². The van der Waals surface area contributed by atoms with Crippen molar-refractivity contribution in [3.63, 3.8) is 0 Å². The molecule has 0 bridgehead atoms. The number of amides is 3. The SMILES string of the molecule is O=C(/C=C/c1cccc(Br)c1)NNC(=O)C(=O)NC1CC1. The second-order valence-corrected chi connectivity index (χ2v) is 5.50. The molecule has 0 atom stereocenters. The summed E-state index contributed by atoms with van der Waals surface area (Å²) in [5, 5.41) is 2.52. The molecule has 1 aliphatic carbocycles. The van der Waals surface area contributed by atoms with Crippen molar-refractivity contribution in [2.45, 2.75) is 18.9 Å². The Morgan fingerprint density at radius 2 is 1.90 bits per heavy atom. The molecule has 0 aliphatic heterocycles. The van der Waals surface area contributed by atoms with Gasteiger partial charge < -0.3 is 5.32 Å². The van der Waals surface area contributed by atoms with Gasteiger partial charge in [0.2, 0.25) is 0 Å². The maximum atomic E-state index is 11.5. The fourth-order valence-corrected chi connectivity index (χ4v) is 1.89. The molecule has 0 aromatic heterocycles. The van der Waals surface area contributed by atoms with Crippen LogP contribution in [0.15, 0.2) is 34.8 Å². The van der Waals surface area contributed by atoms with Gasteiger partial charge in [-0.3, -0.25) is 25.2 Å². The summed E-state index contributed by atoms with van der Waals surface area (Å²) in [6.07, 6.45) is 4.64. The number of carbonyl (C=O) groups excluding carboxylic acids is 3. The molecule has 0 radical (unpaired) electrons. The van der Waals surface area contributed by atoms with Crippen LogP contribution in [0.25, 0.3) is 6.08 Å². The van der Waals surface area contributed by atoms with E-state index in [0.717, 1.165) is 22.9 Å². The Bertz CT molecular complexity index is 597. The second-order valence-electron chi connectivity index (χ2n) is 4.58. The third kappa shape index (κ3) is 5.39. The van der Waals surface area contributed by atoms with Gasteiger partial charge in [0.05, 0.1) is 0 Å². The summed E-state index contributed by atoms with van der Waals surface area (Å²) in [7, 11) is 0. The predicted molar refractivity (Wildman–Crippen MR) is 80.6 cm³/mol. The van der Waals surface area contributed by atoms with Crippen LogP contribution >= 0.6 is 15.9 Å². The molecule has 0 saturated heterocycles. The lowest BCUT2D eigenvalue weighted by atomic mass is 10.2. The second kappa shape index (κ2) is 7.03. The Balaban J connectivity index is 1.76. The summed E-state index contributed by atoms with van der Waals surface area (Å²) in [4.78, 5) is 34.2. The molecule has 1 saturated carbocycles. The summed E-state index contributed by atoms with van der Waals surface area (Å²) in [6, 6.07) is 7.47. The maximum Gasteiger partial charge on any atom is 0.327 e. The van der Waals surface area contributed by atoms with E-state index >= 15 is 0 Å². The summed E-state index contributed by atoms with van der Waals surface area (Å²) in [6.45, 7) is 0. The first-order chi connectivity index (χ1) is 10.0. The highest BCUT2D eigenvalue weighted by molar-refractivity contribution is 9.10. The van der Waals surface area contributed by atoms with Crippen molar-refractivity contribution in [1.82, 2.24) is 16.2 Å². The number of halogens is 1. The van der Waals surface area contributed by atoms with Crippen LogP contribution in [0.4, 0.5) is 0 Å². The molecule has 1 aromatic carbocycles. The van der Waals surface area contributed by atoms with Crippen LogP contribution in [-0.4, -0.2) is 23.8 Å². The van der Waals surface area contributed by atoms with Gasteiger partial charge in [-0.15, -0.1) is 0 Å². The zero-order valence-electron chi connectivity index (χ0n) is 11.1. The van der Waals surface area contributed by atoms with Crippen molar-refractivity contribution in [3.05, 3.63) is 40.4 Å². The van der Waals surface area contributed by atoms with Gasteiger partial charge in [-0.25, -0.2) is 0 Å². The number of hydrazine groups is 1. The average Bonchev–Trinajstić information content (AvgIpc) is 3.26. The van der Waals surface area contributed by atoms with Crippen molar-refractivity contribution in [2.24, 2.45) is 0 Å². The fraction of sp³-hybridized carbons (Fsp3) is 0.214. The lowest BCUT2D eigenvalue weighted by Gasteiger charge is -2.05. The van der Waals surface area contributed by atoms with E-state index < -0.39 is 17.7 Å². The molecule has 2 rings (SSSR count). The number of hydrogen-bond acceptors (Lipinski definition) is 3. The average molecular weight is 352 g/mol. The lowest BCUT2D eigenvalue weighted by molar-refractivity contribution is -0.140. The standard InChI is InChI=1S/C14H14BrN3O3/c15-10-3-1-2-9(8-10)4-7-12(19)17-18-14(21)13(20)16-11-5-6-11/h1-4,7-8,11H,5-6H2,(H,16,20)(H,17,19)(H,18,21)/b7-4+. The first-order valence-electron chi connectivity index (χ1n) is 6.39. The minimum atomic E-state index is -0.883. The molecular weight excluding hydrogens is 338 g/mol. The predicted octanol–water partition coefficient (Wildman–Crippen LogP) is 0.888. The molecule has 1 aromatic rings. The fourth-order valence-electron chi connectivity index (χ4n) is 1.48. The highest BCUT2D eigenvalue weighted by Gasteiger charge is 2.26. The van der Waals surface area contributed by atoms with E-state index in [1.165, 1.54) is 6.08 Å². The smallest absolute Gasteiger partial charge is 0.327 e. The minimum absolute atomic E-state index is 0.0929. The van der Waals surface area contributed by atoms with E-state index in [9.17, 15) is 14.4 Å². The number of rotatable bonds is 3. The van der Waals surface area contributed by atoms with Gasteiger partial charge in [-0.2, -0.15) is 0 Å². The maximum absolute atomic E-state index is 11.5. The number of benzene rings is 1. The molecule has 6 nitrogen and oxygen atoms in total. The van der Waals surface area contributed by atoms with Gasteiger partial charge in [-0.1, -0.05) is 28.1 Å². The Morgan fingerprint density at radius 1 is 1.14 bits per heavy atom. The molecule has 3 N–H and O–H groups in total. The summed E-state index contributed by atoms with van der Waals surface area (Å²) < 4.78 is 0.898. The zero-order chi connectivity index (χ0) is 15.2. The Hall–Kier alpha value is -2.15. The first kappa shape index (κ1) is 15.2. The third-order valence-corrected chi connectivity index (χ3v) is 3.19. The summed E-state index contributed by atoms with van der Waals surface area (Å²) >= 11 is 3.32. The number of hydrogen-bond donors (Lipinski definition) is 3. The Morgan fingerprint density at radius 3 is 2.57 bits per heavy atom. The van der Waals surface area contributed by atoms with Crippen LogP contribution in [0.2, 0.25) is 0 Å². The van der Waals surface area contributed by atoms with Crippen molar-refractivity contribution in [3.8, 4) is 0 Å². The topological polar surface area (TPSA) is 87.3 Å². The Labute approximate surface area is 130 Å². The van der Waals surface area contributed by atoms with Crippen LogP contribution < -0.4 is 16.2 Å². The van der Waals surface area contributed by atoms with E-state index in [0.29, 0.717) is 0 Å². The molecule has 0 spiro atoms. The largest absolute Gasteiger partial charge is 0.345 e. The molecule has 110 valence electrons. The lowest BCUT2D eigenvalue weighted by Crippen LogP contribution is -2.48. The quantitative estimate of drug-likeness (QED) is 0.429. The van der Waals surface area contributed by atoms with Gasteiger partial charge >= 0.3 is 11.8 Å². The first-order valence-corrected chi connectivity index (χ1v) is 7.18. The van der Waals surface area contributed by atoms with E-state index in [1.54, 1.807) is 6.08 Å². The molecule has 0 heterocycles. The number of nitrogens with one attached hydrogen (secondary N) is 3. The summed E-state index contributed by atoms with van der Waals surface area (Å²) in [5.74, 6) is -2.15. The molecule has 21 heavy (non-hydrogen) atoms.